The van der Waals surface area contributed by atoms with Gasteiger partial charge in [-0.15, -0.1) is 0 Å². The van der Waals surface area contributed by atoms with Gasteiger partial charge in [-0.25, -0.2) is 0 Å². The molecule has 0 aliphatic carbocycles. The lowest BCUT2D eigenvalue weighted by Crippen LogP contribution is -2.12. The minimum absolute atomic E-state index is 0.0776. The number of carbonyl (C=O) groups is 1. The topological polar surface area (TPSA) is 87.3 Å². The van der Waals surface area contributed by atoms with Crippen LogP contribution in [0.2, 0.25) is 0 Å². The van der Waals surface area contributed by atoms with Gasteiger partial charge in [0.2, 0.25) is 0 Å². The van der Waals surface area contributed by atoms with Crippen molar-refractivity contribution in [2.45, 2.75) is 46.6 Å². The van der Waals surface area contributed by atoms with E-state index in [0.717, 1.165) is 0 Å². The number of hydrogen-bond donors (Lipinski definition) is 0. The molecule has 1 rings (SSSR count). The molecular weight excluding hydrogens is 250 g/mol. The van der Waals surface area contributed by atoms with Gasteiger partial charge < -0.3 is 4.74 Å². The number of esters is 1. The predicted molar refractivity (Wildman–Crippen MR) is 68.9 cm³/mol. The van der Waals surface area contributed by atoms with Gasteiger partial charge in [-0.05, 0) is 19.8 Å². The molecule has 0 N–H and O–H groups in total. The van der Waals surface area contributed by atoms with Gasteiger partial charge in [0.15, 0.2) is 0 Å². The SMILES string of the molecule is CCOC(=O)CCn1nc(CC)c([N+](=O)[O-])c1CC. The van der Waals surface area contributed by atoms with Gasteiger partial charge in [-0.1, -0.05) is 13.8 Å². The van der Waals surface area contributed by atoms with Gasteiger partial charge in [-0.2, -0.15) is 5.10 Å². The fourth-order valence-corrected chi connectivity index (χ4v) is 1.96. The van der Waals surface area contributed by atoms with Crippen LogP contribution in [-0.4, -0.2) is 27.3 Å². The highest BCUT2D eigenvalue weighted by atomic mass is 16.6. The van der Waals surface area contributed by atoms with Crippen LogP contribution in [0.5, 0.6) is 0 Å². The monoisotopic (exact) mass is 269 g/mol. The summed E-state index contributed by atoms with van der Waals surface area (Å²) in [5, 5.41) is 15.3. The minimum Gasteiger partial charge on any atom is -0.466 e. The standard InChI is InChI=1S/C12H19N3O4/c1-4-9-12(15(17)18)10(5-2)14(13-9)8-7-11(16)19-6-3/h4-8H2,1-3H3. The first-order chi connectivity index (χ1) is 9.04. The number of hydrogen-bond acceptors (Lipinski definition) is 5. The molecule has 0 amide bonds. The van der Waals surface area contributed by atoms with Crippen molar-refractivity contribution >= 4 is 11.7 Å². The minimum atomic E-state index is -0.397. The Kier molecular flexibility index (Phi) is 5.47. The smallest absolute Gasteiger partial charge is 0.313 e. The van der Waals surface area contributed by atoms with Crippen LogP contribution >= 0.6 is 0 Å². The Morgan fingerprint density at radius 1 is 1.37 bits per heavy atom. The third-order valence-corrected chi connectivity index (χ3v) is 2.79. The first-order valence-electron chi connectivity index (χ1n) is 6.43. The van der Waals surface area contributed by atoms with E-state index in [1.165, 1.54) is 0 Å². The number of aromatic nitrogens is 2. The van der Waals surface area contributed by atoms with E-state index in [1.54, 1.807) is 11.6 Å². The van der Waals surface area contributed by atoms with Crippen LogP contribution in [0.1, 0.15) is 38.6 Å². The van der Waals surface area contributed by atoms with Crippen LogP contribution < -0.4 is 0 Å². The average molecular weight is 269 g/mol. The summed E-state index contributed by atoms with van der Waals surface area (Å²) in [7, 11) is 0. The summed E-state index contributed by atoms with van der Waals surface area (Å²) < 4.78 is 6.38. The molecular formula is C12H19N3O4. The van der Waals surface area contributed by atoms with Gasteiger partial charge >= 0.3 is 11.7 Å². The Morgan fingerprint density at radius 2 is 2.05 bits per heavy atom. The number of aryl methyl sites for hydroxylation is 2. The third kappa shape index (κ3) is 3.52. The maximum Gasteiger partial charge on any atom is 0.313 e. The van der Waals surface area contributed by atoms with Gasteiger partial charge in [0.25, 0.3) is 0 Å². The van der Waals surface area contributed by atoms with E-state index in [4.69, 9.17) is 4.74 Å². The third-order valence-electron chi connectivity index (χ3n) is 2.79. The van der Waals surface area contributed by atoms with E-state index >= 15 is 0 Å². The lowest BCUT2D eigenvalue weighted by molar-refractivity contribution is -0.386. The lowest BCUT2D eigenvalue weighted by atomic mass is 10.2. The van der Waals surface area contributed by atoms with E-state index in [9.17, 15) is 14.9 Å². The van der Waals surface area contributed by atoms with Gasteiger partial charge in [0, 0.05) is 0 Å². The molecule has 0 aliphatic rings. The van der Waals surface area contributed by atoms with E-state index in [-0.39, 0.29) is 18.1 Å². The summed E-state index contributed by atoms with van der Waals surface area (Å²) in [6, 6.07) is 0. The van der Waals surface area contributed by atoms with Crippen LogP contribution in [0.4, 0.5) is 5.69 Å². The molecule has 0 aliphatic heterocycles. The van der Waals surface area contributed by atoms with Crippen molar-refractivity contribution in [3.8, 4) is 0 Å². The fraction of sp³-hybridized carbons (Fsp3) is 0.667. The van der Waals surface area contributed by atoms with Crippen LogP contribution in [0.3, 0.4) is 0 Å². The summed E-state index contributed by atoms with van der Waals surface area (Å²) in [4.78, 5) is 22.0. The molecule has 1 heterocycles. The molecule has 0 radical (unpaired) electrons. The molecule has 0 bridgehead atoms. The largest absolute Gasteiger partial charge is 0.466 e. The number of ether oxygens (including phenoxy) is 1. The van der Waals surface area contributed by atoms with Crippen molar-refractivity contribution in [3.63, 3.8) is 0 Å². The Hall–Kier alpha value is -1.92. The molecule has 19 heavy (non-hydrogen) atoms. The van der Waals surface area contributed by atoms with Gasteiger partial charge in [0.1, 0.15) is 11.4 Å². The zero-order valence-corrected chi connectivity index (χ0v) is 11.5. The zero-order valence-electron chi connectivity index (χ0n) is 11.5. The first kappa shape index (κ1) is 15.1. The summed E-state index contributed by atoms with van der Waals surface area (Å²) in [6.07, 6.45) is 1.17. The zero-order chi connectivity index (χ0) is 14.4. The number of nitrogens with zero attached hydrogens (tertiary/aromatic N) is 3. The molecule has 7 nitrogen and oxygen atoms in total. The van der Waals surface area contributed by atoms with Crippen molar-refractivity contribution in [1.82, 2.24) is 9.78 Å². The number of carbonyl (C=O) groups excluding carboxylic acids is 1. The molecule has 0 unspecified atom stereocenters. The molecule has 1 aromatic heterocycles. The summed E-state index contributed by atoms with van der Waals surface area (Å²) in [6.45, 7) is 6.04. The molecule has 0 saturated heterocycles. The number of nitro groups is 1. The highest BCUT2D eigenvalue weighted by Gasteiger charge is 2.25. The molecule has 0 atom stereocenters. The van der Waals surface area contributed by atoms with Gasteiger partial charge in [0.05, 0.1) is 24.5 Å². The predicted octanol–water partition coefficient (Wildman–Crippen LogP) is 1.87. The van der Waals surface area contributed by atoms with Crippen molar-refractivity contribution in [3.05, 3.63) is 21.5 Å². The summed E-state index contributed by atoms with van der Waals surface area (Å²) >= 11 is 0. The van der Waals surface area contributed by atoms with Crippen LogP contribution in [0.15, 0.2) is 0 Å². The van der Waals surface area contributed by atoms with E-state index < -0.39 is 4.92 Å². The second kappa shape index (κ2) is 6.86. The molecule has 0 spiro atoms. The molecule has 106 valence electrons. The maximum atomic E-state index is 11.3. The molecule has 7 heteroatoms. The average Bonchev–Trinajstić information content (AvgIpc) is 2.74. The van der Waals surface area contributed by atoms with Crippen LogP contribution in [0.25, 0.3) is 0 Å². The van der Waals surface area contributed by atoms with Gasteiger partial charge in [-0.3, -0.25) is 19.6 Å². The molecule has 0 fully saturated rings. The highest BCUT2D eigenvalue weighted by molar-refractivity contribution is 5.69. The Morgan fingerprint density at radius 3 is 2.53 bits per heavy atom. The van der Waals surface area contributed by atoms with E-state index in [0.29, 0.717) is 37.4 Å². The first-order valence-corrected chi connectivity index (χ1v) is 6.43. The molecule has 0 saturated carbocycles. The van der Waals surface area contributed by atoms with Crippen molar-refractivity contribution in [2.24, 2.45) is 0 Å². The second-order valence-corrected chi connectivity index (χ2v) is 3.98. The van der Waals surface area contributed by atoms with E-state index in [1.807, 2.05) is 13.8 Å². The van der Waals surface area contributed by atoms with Crippen LogP contribution in [0, 0.1) is 10.1 Å². The summed E-state index contributed by atoms with van der Waals surface area (Å²) in [5.74, 6) is -0.319. The lowest BCUT2D eigenvalue weighted by Gasteiger charge is -2.04. The van der Waals surface area contributed by atoms with Crippen molar-refractivity contribution in [2.75, 3.05) is 6.61 Å². The number of rotatable bonds is 7. The quantitative estimate of drug-likeness (QED) is 0.428. The maximum absolute atomic E-state index is 11.3. The highest BCUT2D eigenvalue weighted by Crippen LogP contribution is 2.24. The molecule has 1 aromatic rings. The van der Waals surface area contributed by atoms with Crippen LogP contribution in [-0.2, 0) is 28.9 Å². The normalized spacial score (nSPS) is 10.5. The Labute approximate surface area is 111 Å². The van der Waals surface area contributed by atoms with E-state index in [2.05, 4.69) is 5.10 Å². The molecule has 0 aromatic carbocycles. The van der Waals surface area contributed by atoms with Crippen molar-refractivity contribution in [1.29, 1.82) is 0 Å². The Bertz CT molecular complexity index is 468. The second-order valence-electron chi connectivity index (χ2n) is 3.98. The van der Waals surface area contributed by atoms with Crippen molar-refractivity contribution < 1.29 is 14.5 Å². The fourth-order valence-electron chi connectivity index (χ4n) is 1.96. The Balaban J connectivity index is 2.95. The summed E-state index contributed by atoms with van der Waals surface area (Å²) in [5.41, 5.74) is 1.10.